The lowest BCUT2D eigenvalue weighted by Crippen LogP contribution is -2.34. The molecular weight excluding hydrogens is 337 g/mol. The van der Waals surface area contributed by atoms with Gasteiger partial charge in [0.05, 0.1) is 16.6 Å². The molecule has 2 N–H and O–H groups in total. The van der Waals surface area contributed by atoms with E-state index in [9.17, 15) is 13.2 Å². The number of carboxylic acid groups (broad SMARTS) is 1. The van der Waals surface area contributed by atoms with Gasteiger partial charge in [0.1, 0.15) is 4.90 Å². The lowest BCUT2D eigenvalue weighted by molar-refractivity contribution is 0.0697. The van der Waals surface area contributed by atoms with E-state index >= 15 is 0 Å². The summed E-state index contributed by atoms with van der Waals surface area (Å²) in [4.78, 5) is 10.6. The normalized spacial score (nSPS) is 12.7. The van der Waals surface area contributed by atoms with Crippen molar-refractivity contribution in [2.24, 2.45) is 0 Å². The SMILES string of the molecule is C#CC(CCC)NS(=O)(=O)c1cc(Cl)cc(C(=O)O)c1Cl. The maximum Gasteiger partial charge on any atom is 0.337 e. The average molecular weight is 350 g/mol. The van der Waals surface area contributed by atoms with Gasteiger partial charge in [-0.3, -0.25) is 0 Å². The summed E-state index contributed by atoms with van der Waals surface area (Å²) in [6.07, 6.45) is 6.39. The minimum Gasteiger partial charge on any atom is -0.478 e. The van der Waals surface area contributed by atoms with Crippen LogP contribution in [0, 0.1) is 12.3 Å². The van der Waals surface area contributed by atoms with E-state index in [0.717, 1.165) is 12.1 Å². The Morgan fingerprint density at radius 2 is 2.10 bits per heavy atom. The Morgan fingerprint density at radius 1 is 1.48 bits per heavy atom. The number of halogens is 2. The van der Waals surface area contributed by atoms with Crippen molar-refractivity contribution in [2.45, 2.75) is 30.7 Å². The monoisotopic (exact) mass is 349 g/mol. The number of aromatic carboxylic acids is 1. The topological polar surface area (TPSA) is 83.5 Å². The predicted octanol–water partition coefficient (Wildman–Crippen LogP) is 2.77. The Balaban J connectivity index is 3.32. The van der Waals surface area contributed by atoms with Crippen molar-refractivity contribution >= 4 is 39.2 Å². The van der Waals surface area contributed by atoms with Crippen LogP contribution in [0.2, 0.25) is 10.0 Å². The van der Waals surface area contributed by atoms with E-state index in [4.69, 9.17) is 34.7 Å². The molecule has 0 aromatic heterocycles. The molecule has 21 heavy (non-hydrogen) atoms. The molecule has 0 amide bonds. The van der Waals surface area contributed by atoms with E-state index < -0.39 is 37.5 Å². The summed E-state index contributed by atoms with van der Waals surface area (Å²) in [7, 11) is -4.08. The number of carboxylic acids is 1. The van der Waals surface area contributed by atoms with Crippen LogP contribution < -0.4 is 4.72 Å². The zero-order valence-electron chi connectivity index (χ0n) is 11.1. The number of benzene rings is 1. The molecule has 0 spiro atoms. The first kappa shape index (κ1) is 17.8. The predicted molar refractivity (Wildman–Crippen MR) is 81.3 cm³/mol. The highest BCUT2D eigenvalue weighted by Crippen LogP contribution is 2.29. The van der Waals surface area contributed by atoms with E-state index in [1.165, 1.54) is 0 Å². The summed E-state index contributed by atoms with van der Waals surface area (Å²) in [5.74, 6) is 0.944. The second-order valence-electron chi connectivity index (χ2n) is 4.20. The molecule has 1 aromatic carbocycles. The molecule has 0 heterocycles. The van der Waals surface area contributed by atoms with E-state index in [2.05, 4.69) is 10.6 Å². The van der Waals surface area contributed by atoms with Crippen molar-refractivity contribution in [3.8, 4) is 12.3 Å². The van der Waals surface area contributed by atoms with Crippen molar-refractivity contribution in [3.63, 3.8) is 0 Å². The van der Waals surface area contributed by atoms with Gasteiger partial charge in [0.25, 0.3) is 0 Å². The molecule has 0 aliphatic carbocycles. The second kappa shape index (κ2) is 7.14. The highest BCUT2D eigenvalue weighted by molar-refractivity contribution is 7.89. The molecule has 0 saturated heterocycles. The van der Waals surface area contributed by atoms with Crippen molar-refractivity contribution in [3.05, 3.63) is 27.7 Å². The Hall–Kier alpha value is -1.26. The van der Waals surface area contributed by atoms with Crippen molar-refractivity contribution < 1.29 is 18.3 Å². The molecule has 1 unspecified atom stereocenters. The molecule has 8 heteroatoms. The van der Waals surface area contributed by atoms with Crippen LogP contribution >= 0.6 is 23.2 Å². The van der Waals surface area contributed by atoms with Gasteiger partial charge in [0, 0.05) is 5.02 Å². The fraction of sp³-hybridized carbons (Fsp3) is 0.308. The lowest BCUT2D eigenvalue weighted by atomic mass is 10.2. The van der Waals surface area contributed by atoms with E-state index in [1.54, 1.807) is 0 Å². The number of hydrogen-bond donors (Lipinski definition) is 2. The van der Waals surface area contributed by atoms with Crippen LogP contribution in [0.4, 0.5) is 0 Å². The van der Waals surface area contributed by atoms with Gasteiger partial charge in [0.15, 0.2) is 0 Å². The molecular formula is C13H13Cl2NO4S. The summed E-state index contributed by atoms with van der Waals surface area (Å²) >= 11 is 11.6. The average Bonchev–Trinajstić information content (AvgIpc) is 2.39. The van der Waals surface area contributed by atoms with Gasteiger partial charge in [-0.2, -0.15) is 4.72 Å². The minimum absolute atomic E-state index is 0.0510. The van der Waals surface area contributed by atoms with Crippen LogP contribution in [0.5, 0.6) is 0 Å². The van der Waals surface area contributed by atoms with E-state index in [0.29, 0.717) is 12.8 Å². The highest BCUT2D eigenvalue weighted by Gasteiger charge is 2.25. The lowest BCUT2D eigenvalue weighted by Gasteiger charge is -2.14. The smallest absolute Gasteiger partial charge is 0.337 e. The van der Waals surface area contributed by atoms with Gasteiger partial charge in [-0.05, 0) is 18.6 Å². The summed E-state index contributed by atoms with van der Waals surface area (Å²) < 4.78 is 26.9. The van der Waals surface area contributed by atoms with Crippen LogP contribution in [0.15, 0.2) is 17.0 Å². The van der Waals surface area contributed by atoms with Gasteiger partial charge < -0.3 is 5.11 Å². The molecule has 0 saturated carbocycles. The van der Waals surface area contributed by atoms with Crippen molar-refractivity contribution in [2.75, 3.05) is 0 Å². The van der Waals surface area contributed by atoms with Crippen LogP contribution in [0.25, 0.3) is 0 Å². The van der Waals surface area contributed by atoms with Gasteiger partial charge in [-0.15, -0.1) is 6.42 Å². The molecule has 0 radical (unpaired) electrons. The van der Waals surface area contributed by atoms with Gasteiger partial charge in [-0.25, -0.2) is 13.2 Å². The number of terminal acetylenes is 1. The third-order valence-corrected chi connectivity index (χ3v) is 4.83. The van der Waals surface area contributed by atoms with Crippen LogP contribution in [0.1, 0.15) is 30.1 Å². The minimum atomic E-state index is -4.08. The molecule has 0 bridgehead atoms. The third-order valence-electron chi connectivity index (χ3n) is 2.60. The van der Waals surface area contributed by atoms with Crippen LogP contribution in [-0.4, -0.2) is 25.5 Å². The molecule has 114 valence electrons. The van der Waals surface area contributed by atoms with Crippen molar-refractivity contribution in [1.29, 1.82) is 0 Å². The second-order valence-corrected chi connectivity index (χ2v) is 6.70. The maximum absolute atomic E-state index is 12.3. The molecule has 1 aromatic rings. The summed E-state index contributed by atoms with van der Waals surface area (Å²) in [5, 5.41) is 8.54. The molecule has 0 aliphatic heterocycles. The number of rotatable bonds is 6. The van der Waals surface area contributed by atoms with Crippen molar-refractivity contribution in [1.82, 2.24) is 4.72 Å². The Bertz CT molecular complexity index is 695. The van der Waals surface area contributed by atoms with Crippen LogP contribution in [-0.2, 0) is 10.0 Å². The molecule has 5 nitrogen and oxygen atoms in total. The summed E-state index contributed by atoms with van der Waals surface area (Å²) in [5.41, 5.74) is -0.391. The Morgan fingerprint density at radius 3 is 2.57 bits per heavy atom. The van der Waals surface area contributed by atoms with Crippen LogP contribution in [0.3, 0.4) is 0 Å². The number of carbonyl (C=O) groups is 1. The Kier molecular flexibility index (Phi) is 6.05. The number of nitrogens with one attached hydrogen (secondary N) is 1. The number of sulfonamides is 1. The standard InChI is InChI=1S/C13H13Cl2NO4S/c1-3-5-9(4-2)16-21(19,20)11-7-8(14)6-10(12(11)15)13(17)18/h2,6-7,9,16H,3,5H2,1H3,(H,17,18). The molecule has 1 rings (SSSR count). The molecule has 0 fully saturated rings. The van der Waals surface area contributed by atoms with E-state index in [-0.39, 0.29) is 5.02 Å². The zero-order chi connectivity index (χ0) is 16.2. The fourth-order valence-corrected chi connectivity index (χ4v) is 3.72. The fourth-order valence-electron chi connectivity index (χ4n) is 1.63. The molecule has 0 aliphatic rings. The number of hydrogen-bond acceptors (Lipinski definition) is 3. The first-order chi connectivity index (χ1) is 9.72. The largest absolute Gasteiger partial charge is 0.478 e. The summed E-state index contributed by atoms with van der Waals surface area (Å²) in [6.45, 7) is 1.85. The first-order valence-corrected chi connectivity index (χ1v) is 8.17. The van der Waals surface area contributed by atoms with E-state index in [1.807, 2.05) is 6.92 Å². The Labute approximate surface area is 133 Å². The van der Waals surface area contributed by atoms with Gasteiger partial charge >= 0.3 is 5.97 Å². The maximum atomic E-state index is 12.3. The third kappa shape index (κ3) is 4.35. The first-order valence-electron chi connectivity index (χ1n) is 5.93. The highest BCUT2D eigenvalue weighted by atomic mass is 35.5. The van der Waals surface area contributed by atoms with Gasteiger partial charge in [-0.1, -0.05) is 42.5 Å². The summed E-state index contributed by atoms with van der Waals surface area (Å²) in [6, 6.07) is 1.46. The quantitative estimate of drug-likeness (QED) is 0.773. The molecule has 1 atom stereocenters. The zero-order valence-corrected chi connectivity index (χ0v) is 13.4. The van der Waals surface area contributed by atoms with Gasteiger partial charge in [0.2, 0.25) is 10.0 Å².